The average molecular weight is 450 g/mol. The number of carbonyl (C=O) groups is 1. The number of halogens is 1. The number of imidazole rings is 1. The van der Waals surface area contributed by atoms with E-state index in [0.29, 0.717) is 29.5 Å². The normalized spacial score (nSPS) is 19.0. The van der Waals surface area contributed by atoms with Crippen LogP contribution in [0.4, 0.5) is 4.39 Å². The van der Waals surface area contributed by atoms with Crippen molar-refractivity contribution >= 4 is 16.9 Å². The summed E-state index contributed by atoms with van der Waals surface area (Å²) in [7, 11) is 0. The molecule has 1 amide bonds. The summed E-state index contributed by atoms with van der Waals surface area (Å²) < 4.78 is 27.2. The molecule has 1 aliphatic carbocycles. The predicted molar refractivity (Wildman–Crippen MR) is 123 cm³/mol. The number of carbonyl (C=O) groups excluding carboxylic acids is 1. The van der Waals surface area contributed by atoms with Gasteiger partial charge in [0.25, 0.3) is 0 Å². The molecule has 2 aromatic carbocycles. The fourth-order valence-corrected chi connectivity index (χ4v) is 5.64. The van der Waals surface area contributed by atoms with Crippen LogP contribution in [-0.4, -0.2) is 40.2 Å². The lowest BCUT2D eigenvalue weighted by Gasteiger charge is -2.34. The van der Waals surface area contributed by atoms with E-state index in [-0.39, 0.29) is 18.7 Å². The van der Waals surface area contributed by atoms with Crippen molar-refractivity contribution in [3.63, 3.8) is 0 Å². The van der Waals surface area contributed by atoms with Gasteiger partial charge in [-0.2, -0.15) is 0 Å². The second kappa shape index (κ2) is 8.36. The lowest BCUT2D eigenvalue weighted by Crippen LogP contribution is -2.39. The minimum Gasteiger partial charge on any atom is -0.454 e. The molecule has 0 atom stereocenters. The third-order valence-corrected chi connectivity index (χ3v) is 7.40. The summed E-state index contributed by atoms with van der Waals surface area (Å²) in [4.78, 5) is 19.7. The van der Waals surface area contributed by atoms with E-state index >= 15 is 0 Å². The van der Waals surface area contributed by atoms with Crippen molar-refractivity contribution in [2.24, 2.45) is 5.92 Å². The molecule has 3 aromatic rings. The molecule has 0 unspecified atom stereocenters. The highest BCUT2D eigenvalue weighted by atomic mass is 19.1. The highest BCUT2D eigenvalue weighted by Gasteiger charge is 2.29. The smallest absolute Gasteiger partial charge is 0.231 e. The zero-order valence-corrected chi connectivity index (χ0v) is 18.6. The van der Waals surface area contributed by atoms with E-state index in [1.165, 1.54) is 37.8 Å². The number of benzene rings is 2. The molecule has 33 heavy (non-hydrogen) atoms. The van der Waals surface area contributed by atoms with E-state index in [0.717, 1.165) is 48.6 Å². The van der Waals surface area contributed by atoms with Gasteiger partial charge in [0.15, 0.2) is 11.5 Å². The average Bonchev–Trinajstić information content (AvgIpc) is 3.58. The summed E-state index contributed by atoms with van der Waals surface area (Å²) in [5, 5.41) is 0. The second-order valence-corrected chi connectivity index (χ2v) is 9.47. The van der Waals surface area contributed by atoms with Crippen molar-refractivity contribution in [1.82, 2.24) is 14.5 Å². The number of aromatic nitrogens is 2. The van der Waals surface area contributed by atoms with Gasteiger partial charge in [-0.25, -0.2) is 9.37 Å². The highest BCUT2D eigenvalue weighted by molar-refractivity contribution is 5.81. The molecule has 1 saturated heterocycles. The summed E-state index contributed by atoms with van der Waals surface area (Å²) in [5.41, 5.74) is 2.47. The molecule has 0 bridgehead atoms. The lowest BCUT2D eigenvalue weighted by atomic mass is 10.00. The molecular formula is C26H28FN3O3. The molecule has 2 aliphatic heterocycles. The Morgan fingerprint density at radius 2 is 1.79 bits per heavy atom. The Hall–Kier alpha value is -3.09. The summed E-state index contributed by atoms with van der Waals surface area (Å²) >= 11 is 0. The van der Waals surface area contributed by atoms with Gasteiger partial charge >= 0.3 is 0 Å². The molecule has 0 spiro atoms. The topological polar surface area (TPSA) is 56.6 Å². The first kappa shape index (κ1) is 20.5. The van der Waals surface area contributed by atoms with Gasteiger partial charge in [-0.05, 0) is 61.9 Å². The van der Waals surface area contributed by atoms with E-state index in [1.54, 1.807) is 0 Å². The molecule has 6 rings (SSSR count). The van der Waals surface area contributed by atoms with E-state index in [1.807, 2.05) is 29.2 Å². The van der Waals surface area contributed by atoms with Gasteiger partial charge in [0.1, 0.15) is 11.6 Å². The summed E-state index contributed by atoms with van der Waals surface area (Å²) in [6.07, 6.45) is 7.32. The van der Waals surface area contributed by atoms with Gasteiger partial charge in [-0.3, -0.25) is 4.79 Å². The first-order valence-electron chi connectivity index (χ1n) is 12.0. The fraction of sp³-hybridized carbons (Fsp3) is 0.462. The van der Waals surface area contributed by atoms with Crippen LogP contribution < -0.4 is 9.47 Å². The number of hydrogen-bond acceptors (Lipinski definition) is 4. The number of piperidine rings is 1. The van der Waals surface area contributed by atoms with E-state index in [4.69, 9.17) is 14.5 Å². The van der Waals surface area contributed by atoms with Gasteiger partial charge in [-0.15, -0.1) is 0 Å². The SMILES string of the molecule is O=C(CC1CCCC1)N1CCC(n2c(-c3ccc4c(c3)OCO4)nc3cc(F)ccc32)CC1. The van der Waals surface area contributed by atoms with Gasteiger partial charge in [-0.1, -0.05) is 12.8 Å². The third-order valence-electron chi connectivity index (χ3n) is 7.40. The number of fused-ring (bicyclic) bond motifs is 2. The Morgan fingerprint density at radius 3 is 2.61 bits per heavy atom. The highest BCUT2D eigenvalue weighted by Crippen LogP contribution is 2.39. The van der Waals surface area contributed by atoms with E-state index < -0.39 is 0 Å². The van der Waals surface area contributed by atoms with E-state index in [9.17, 15) is 9.18 Å². The zero-order chi connectivity index (χ0) is 22.4. The fourth-order valence-electron chi connectivity index (χ4n) is 5.64. The van der Waals surface area contributed by atoms with Crippen LogP contribution in [0.25, 0.3) is 22.4 Å². The first-order valence-corrected chi connectivity index (χ1v) is 12.0. The van der Waals surface area contributed by atoms with Crippen LogP contribution in [0.15, 0.2) is 36.4 Å². The summed E-state index contributed by atoms with van der Waals surface area (Å²) in [6, 6.07) is 10.8. The molecule has 172 valence electrons. The maximum Gasteiger partial charge on any atom is 0.231 e. The monoisotopic (exact) mass is 449 g/mol. The van der Waals surface area contributed by atoms with Crippen LogP contribution in [-0.2, 0) is 4.79 Å². The Bertz CT molecular complexity index is 1190. The Morgan fingerprint density at radius 1 is 1.00 bits per heavy atom. The maximum absolute atomic E-state index is 14.0. The molecule has 0 radical (unpaired) electrons. The van der Waals surface area contributed by atoms with Gasteiger partial charge < -0.3 is 18.9 Å². The van der Waals surface area contributed by atoms with Crippen molar-refractivity contribution < 1.29 is 18.7 Å². The van der Waals surface area contributed by atoms with Crippen molar-refractivity contribution in [3.05, 3.63) is 42.2 Å². The predicted octanol–water partition coefficient (Wildman–Crippen LogP) is 5.31. The van der Waals surface area contributed by atoms with Crippen LogP contribution in [0.5, 0.6) is 11.5 Å². The van der Waals surface area contributed by atoms with Crippen LogP contribution in [0.2, 0.25) is 0 Å². The minimum atomic E-state index is -0.295. The number of hydrogen-bond donors (Lipinski definition) is 0. The Balaban J connectivity index is 1.28. The molecular weight excluding hydrogens is 421 g/mol. The molecule has 1 aromatic heterocycles. The van der Waals surface area contributed by atoms with Gasteiger partial charge in [0.2, 0.25) is 12.7 Å². The summed E-state index contributed by atoms with van der Waals surface area (Å²) in [5.74, 6) is 2.79. The van der Waals surface area contributed by atoms with Crippen LogP contribution >= 0.6 is 0 Å². The largest absolute Gasteiger partial charge is 0.454 e. The Kier molecular flexibility index (Phi) is 5.19. The van der Waals surface area contributed by atoms with Crippen LogP contribution in [0.3, 0.4) is 0 Å². The second-order valence-electron chi connectivity index (χ2n) is 9.47. The molecule has 3 aliphatic rings. The molecule has 3 heterocycles. The lowest BCUT2D eigenvalue weighted by molar-refractivity contribution is -0.133. The third kappa shape index (κ3) is 3.83. The van der Waals surface area contributed by atoms with Gasteiger partial charge in [0.05, 0.1) is 11.0 Å². The van der Waals surface area contributed by atoms with Gasteiger partial charge in [0, 0.05) is 37.2 Å². The summed E-state index contributed by atoms with van der Waals surface area (Å²) in [6.45, 7) is 1.71. The Labute approximate surface area is 192 Å². The van der Waals surface area contributed by atoms with Crippen molar-refractivity contribution in [3.8, 4) is 22.9 Å². The molecule has 2 fully saturated rings. The van der Waals surface area contributed by atoms with Crippen molar-refractivity contribution in [2.75, 3.05) is 19.9 Å². The molecule has 7 heteroatoms. The zero-order valence-electron chi connectivity index (χ0n) is 18.6. The first-order chi connectivity index (χ1) is 16.2. The van der Waals surface area contributed by atoms with Crippen molar-refractivity contribution in [2.45, 2.75) is 51.0 Å². The number of ether oxygens (including phenoxy) is 2. The number of likely N-dealkylation sites (tertiary alicyclic amines) is 1. The standard InChI is InChI=1S/C26H28FN3O3/c27-19-6-7-22-21(15-19)28-26(18-5-8-23-24(14-18)33-16-32-23)30(22)20-9-11-29(12-10-20)25(31)13-17-3-1-2-4-17/h5-8,14-15,17,20H,1-4,9-13,16H2. The minimum absolute atomic E-state index is 0.191. The quantitative estimate of drug-likeness (QED) is 0.541. The molecule has 6 nitrogen and oxygen atoms in total. The number of nitrogens with zero attached hydrogens (tertiary/aromatic N) is 3. The molecule has 1 saturated carbocycles. The number of amides is 1. The maximum atomic E-state index is 14.0. The molecule has 0 N–H and O–H groups in total. The number of rotatable bonds is 4. The van der Waals surface area contributed by atoms with Crippen molar-refractivity contribution in [1.29, 1.82) is 0 Å². The van der Waals surface area contributed by atoms with E-state index in [2.05, 4.69) is 4.57 Å². The van der Waals surface area contributed by atoms with Crippen LogP contribution in [0.1, 0.15) is 51.0 Å². The van der Waals surface area contributed by atoms with Crippen LogP contribution in [0, 0.1) is 11.7 Å².